The molecule has 4 heteroatoms. The highest BCUT2D eigenvalue weighted by atomic mass is 32.1. The molecule has 2 aromatic heterocycles. The molecule has 0 radical (unpaired) electrons. The average molecular weight is 286 g/mol. The van der Waals surface area contributed by atoms with Crippen LogP contribution in [0.1, 0.15) is 16.0 Å². The molecule has 0 fully saturated rings. The number of furan rings is 1. The lowest BCUT2D eigenvalue weighted by Gasteiger charge is -2.16. The standard InChI is InChI=1S/C16H18N2OS/c1-18(9-12-6-7-19-11-12)10-14-13-4-2-3-5-15(13)20-16(14)8-17/h2-7,11H,8-10,17H2,1H3. The number of nitrogens with zero attached hydrogens (tertiary/aromatic N) is 1. The van der Waals surface area contributed by atoms with Gasteiger partial charge in [0.15, 0.2) is 0 Å². The van der Waals surface area contributed by atoms with Crippen LogP contribution in [0.3, 0.4) is 0 Å². The van der Waals surface area contributed by atoms with Crippen molar-refractivity contribution in [2.75, 3.05) is 7.05 Å². The Morgan fingerprint density at radius 1 is 1.20 bits per heavy atom. The lowest BCUT2D eigenvalue weighted by atomic mass is 10.1. The van der Waals surface area contributed by atoms with E-state index >= 15 is 0 Å². The van der Waals surface area contributed by atoms with Gasteiger partial charge in [-0.25, -0.2) is 0 Å². The number of rotatable bonds is 5. The van der Waals surface area contributed by atoms with Crippen molar-refractivity contribution in [1.82, 2.24) is 4.90 Å². The molecule has 0 saturated carbocycles. The monoisotopic (exact) mass is 286 g/mol. The molecule has 0 aliphatic carbocycles. The van der Waals surface area contributed by atoms with Crippen LogP contribution in [-0.4, -0.2) is 11.9 Å². The Balaban J connectivity index is 1.85. The quantitative estimate of drug-likeness (QED) is 0.779. The average Bonchev–Trinajstić information content (AvgIpc) is 3.07. The second-order valence-corrected chi connectivity index (χ2v) is 6.14. The summed E-state index contributed by atoms with van der Waals surface area (Å²) in [7, 11) is 2.12. The summed E-state index contributed by atoms with van der Waals surface area (Å²) in [6.07, 6.45) is 3.51. The molecule has 0 atom stereocenters. The van der Waals surface area contributed by atoms with Crippen molar-refractivity contribution >= 4 is 21.4 Å². The lowest BCUT2D eigenvalue weighted by molar-refractivity contribution is 0.318. The maximum Gasteiger partial charge on any atom is 0.0947 e. The van der Waals surface area contributed by atoms with E-state index in [1.165, 1.54) is 26.1 Å². The van der Waals surface area contributed by atoms with E-state index in [-0.39, 0.29) is 0 Å². The summed E-state index contributed by atoms with van der Waals surface area (Å²) >= 11 is 1.80. The zero-order chi connectivity index (χ0) is 13.9. The maximum absolute atomic E-state index is 5.90. The van der Waals surface area contributed by atoms with Crippen molar-refractivity contribution in [2.24, 2.45) is 5.73 Å². The van der Waals surface area contributed by atoms with Gasteiger partial charge in [0, 0.05) is 34.8 Å². The number of nitrogens with two attached hydrogens (primary N) is 1. The van der Waals surface area contributed by atoms with Gasteiger partial charge in [-0.3, -0.25) is 4.90 Å². The van der Waals surface area contributed by atoms with Gasteiger partial charge in [0.05, 0.1) is 12.5 Å². The first-order valence-electron chi connectivity index (χ1n) is 6.67. The molecule has 0 aliphatic rings. The molecule has 3 rings (SSSR count). The molecular weight excluding hydrogens is 268 g/mol. The van der Waals surface area contributed by atoms with Crippen LogP contribution in [0.25, 0.3) is 10.1 Å². The molecule has 2 N–H and O–H groups in total. The molecule has 2 heterocycles. The fourth-order valence-corrected chi connectivity index (χ4v) is 3.60. The van der Waals surface area contributed by atoms with E-state index in [1.54, 1.807) is 23.9 Å². The van der Waals surface area contributed by atoms with Gasteiger partial charge < -0.3 is 10.2 Å². The van der Waals surface area contributed by atoms with Crippen LogP contribution in [0, 0.1) is 0 Å². The Labute approximate surface area is 122 Å². The number of thiophene rings is 1. The topological polar surface area (TPSA) is 42.4 Å². The Bertz CT molecular complexity index is 688. The van der Waals surface area contributed by atoms with Crippen LogP contribution in [0.4, 0.5) is 0 Å². The van der Waals surface area contributed by atoms with Crippen LogP contribution >= 0.6 is 11.3 Å². The molecule has 0 amide bonds. The third-order valence-electron chi connectivity index (χ3n) is 3.43. The van der Waals surface area contributed by atoms with Gasteiger partial charge in [-0.1, -0.05) is 18.2 Å². The van der Waals surface area contributed by atoms with Crippen molar-refractivity contribution in [3.8, 4) is 0 Å². The number of benzene rings is 1. The predicted molar refractivity (Wildman–Crippen MR) is 83.6 cm³/mol. The fraction of sp³-hybridized carbons (Fsp3) is 0.250. The third-order valence-corrected chi connectivity index (χ3v) is 4.66. The summed E-state index contributed by atoms with van der Waals surface area (Å²) in [5, 5.41) is 1.33. The van der Waals surface area contributed by atoms with Gasteiger partial charge in [0.25, 0.3) is 0 Å². The van der Waals surface area contributed by atoms with Crippen molar-refractivity contribution < 1.29 is 4.42 Å². The molecule has 104 valence electrons. The minimum atomic E-state index is 0.605. The van der Waals surface area contributed by atoms with Crippen molar-refractivity contribution in [2.45, 2.75) is 19.6 Å². The van der Waals surface area contributed by atoms with E-state index in [0.29, 0.717) is 6.54 Å². The highest BCUT2D eigenvalue weighted by molar-refractivity contribution is 7.19. The van der Waals surface area contributed by atoms with E-state index in [2.05, 4.69) is 36.2 Å². The van der Waals surface area contributed by atoms with Crippen LogP contribution in [0.5, 0.6) is 0 Å². The number of hydrogen-bond acceptors (Lipinski definition) is 4. The van der Waals surface area contributed by atoms with Crippen LogP contribution in [0.15, 0.2) is 47.3 Å². The summed E-state index contributed by atoms with van der Waals surface area (Å²) in [6.45, 7) is 2.39. The lowest BCUT2D eigenvalue weighted by Crippen LogP contribution is -2.17. The van der Waals surface area contributed by atoms with Gasteiger partial charge in [0.2, 0.25) is 0 Å². The third kappa shape index (κ3) is 2.63. The molecule has 20 heavy (non-hydrogen) atoms. The first kappa shape index (κ1) is 13.4. The Kier molecular flexibility index (Phi) is 3.87. The van der Waals surface area contributed by atoms with E-state index in [9.17, 15) is 0 Å². The maximum atomic E-state index is 5.90. The molecule has 0 unspecified atom stereocenters. The van der Waals surface area contributed by atoms with Crippen molar-refractivity contribution in [3.05, 3.63) is 58.9 Å². The van der Waals surface area contributed by atoms with Crippen molar-refractivity contribution in [3.63, 3.8) is 0 Å². The van der Waals surface area contributed by atoms with E-state index < -0.39 is 0 Å². The molecule has 0 spiro atoms. The van der Waals surface area contributed by atoms with Crippen LogP contribution in [-0.2, 0) is 19.6 Å². The van der Waals surface area contributed by atoms with Gasteiger partial charge in [-0.2, -0.15) is 0 Å². The smallest absolute Gasteiger partial charge is 0.0947 e. The van der Waals surface area contributed by atoms with E-state index in [0.717, 1.165) is 13.1 Å². The van der Waals surface area contributed by atoms with E-state index in [4.69, 9.17) is 10.2 Å². The summed E-state index contributed by atoms with van der Waals surface area (Å²) in [6, 6.07) is 10.5. The summed E-state index contributed by atoms with van der Waals surface area (Å²) in [5.74, 6) is 0. The molecule has 0 aliphatic heterocycles. The molecule has 3 nitrogen and oxygen atoms in total. The largest absolute Gasteiger partial charge is 0.472 e. The van der Waals surface area contributed by atoms with E-state index in [1.807, 2.05) is 6.07 Å². The molecule has 3 aromatic rings. The predicted octanol–water partition coefficient (Wildman–Crippen LogP) is 3.59. The van der Waals surface area contributed by atoms with Crippen LogP contribution < -0.4 is 5.73 Å². The highest BCUT2D eigenvalue weighted by Crippen LogP contribution is 2.32. The summed E-state index contributed by atoms with van der Waals surface area (Å²) in [4.78, 5) is 3.57. The zero-order valence-electron chi connectivity index (χ0n) is 11.5. The molecular formula is C16H18N2OS. The summed E-state index contributed by atoms with van der Waals surface area (Å²) in [5.41, 5.74) is 8.46. The normalized spacial score (nSPS) is 11.6. The second-order valence-electron chi connectivity index (χ2n) is 5.01. The molecule has 1 aromatic carbocycles. The number of fused-ring (bicyclic) bond motifs is 1. The van der Waals surface area contributed by atoms with Crippen molar-refractivity contribution in [1.29, 1.82) is 0 Å². The van der Waals surface area contributed by atoms with Gasteiger partial charge in [-0.15, -0.1) is 11.3 Å². The van der Waals surface area contributed by atoms with Crippen LogP contribution in [0.2, 0.25) is 0 Å². The minimum Gasteiger partial charge on any atom is -0.472 e. The highest BCUT2D eigenvalue weighted by Gasteiger charge is 2.13. The first-order valence-corrected chi connectivity index (χ1v) is 7.48. The Hall–Kier alpha value is -1.62. The van der Waals surface area contributed by atoms with Gasteiger partial charge in [-0.05, 0) is 30.1 Å². The zero-order valence-corrected chi connectivity index (χ0v) is 12.3. The minimum absolute atomic E-state index is 0.605. The fourth-order valence-electron chi connectivity index (χ4n) is 2.51. The van der Waals surface area contributed by atoms with Gasteiger partial charge >= 0.3 is 0 Å². The first-order chi connectivity index (χ1) is 9.78. The van der Waals surface area contributed by atoms with Gasteiger partial charge in [0.1, 0.15) is 0 Å². The second kappa shape index (κ2) is 5.79. The summed E-state index contributed by atoms with van der Waals surface area (Å²) < 4.78 is 6.44. The molecule has 0 saturated heterocycles. The molecule has 0 bridgehead atoms. The number of hydrogen-bond donors (Lipinski definition) is 1. The Morgan fingerprint density at radius 2 is 2.05 bits per heavy atom. The SMILES string of the molecule is CN(Cc1ccoc1)Cc1c(CN)sc2ccccc12. The Morgan fingerprint density at radius 3 is 2.80 bits per heavy atom.